The molecule has 0 aliphatic heterocycles. The maximum absolute atomic E-state index is 12.9. The van der Waals surface area contributed by atoms with E-state index in [4.69, 9.17) is 11.6 Å². The molecule has 0 spiro atoms. The monoisotopic (exact) mass is 266 g/mol. The normalized spacial score (nSPS) is 10.9. The SMILES string of the molecule is O=C(/C=C/c1cccc(F)c1)c1ccc(Cl)s1. The van der Waals surface area contributed by atoms with Crippen molar-refractivity contribution in [2.75, 3.05) is 0 Å². The van der Waals surface area contributed by atoms with Gasteiger partial charge in [-0.25, -0.2) is 4.39 Å². The second-order valence-electron chi connectivity index (χ2n) is 3.36. The Balaban J connectivity index is 2.13. The zero-order chi connectivity index (χ0) is 12.3. The fourth-order valence-corrected chi connectivity index (χ4v) is 2.27. The van der Waals surface area contributed by atoms with E-state index in [1.807, 2.05) is 0 Å². The Bertz CT molecular complexity index is 574. The van der Waals surface area contributed by atoms with Gasteiger partial charge >= 0.3 is 0 Å². The maximum Gasteiger partial charge on any atom is 0.195 e. The van der Waals surface area contributed by atoms with Crippen molar-refractivity contribution in [3.05, 3.63) is 63.1 Å². The lowest BCUT2D eigenvalue weighted by atomic mass is 10.2. The summed E-state index contributed by atoms with van der Waals surface area (Å²) >= 11 is 6.96. The highest BCUT2D eigenvalue weighted by molar-refractivity contribution is 7.18. The van der Waals surface area contributed by atoms with Crippen LogP contribution in [0.3, 0.4) is 0 Å². The van der Waals surface area contributed by atoms with Crippen molar-refractivity contribution < 1.29 is 9.18 Å². The number of thiophene rings is 1. The number of benzene rings is 1. The van der Waals surface area contributed by atoms with Crippen molar-refractivity contribution in [2.24, 2.45) is 0 Å². The van der Waals surface area contributed by atoms with Crippen LogP contribution in [0.1, 0.15) is 15.2 Å². The summed E-state index contributed by atoms with van der Waals surface area (Å²) in [5.74, 6) is -0.454. The van der Waals surface area contributed by atoms with E-state index in [0.29, 0.717) is 14.8 Å². The number of hydrogen-bond donors (Lipinski definition) is 0. The number of ketones is 1. The summed E-state index contributed by atoms with van der Waals surface area (Å²) in [7, 11) is 0. The molecular formula is C13H8ClFOS. The van der Waals surface area contributed by atoms with Crippen LogP contribution in [0.25, 0.3) is 6.08 Å². The fourth-order valence-electron chi connectivity index (χ4n) is 1.31. The molecule has 86 valence electrons. The third-order valence-corrected chi connectivity index (χ3v) is 3.34. The first kappa shape index (κ1) is 12.0. The first-order valence-electron chi connectivity index (χ1n) is 4.88. The summed E-state index contributed by atoms with van der Waals surface area (Å²) in [6.07, 6.45) is 3.00. The van der Waals surface area contributed by atoms with Crippen molar-refractivity contribution >= 4 is 34.8 Å². The third-order valence-electron chi connectivity index (χ3n) is 2.09. The van der Waals surface area contributed by atoms with Crippen molar-refractivity contribution in [2.45, 2.75) is 0 Å². The Morgan fingerprint density at radius 1 is 1.29 bits per heavy atom. The Morgan fingerprint density at radius 3 is 2.76 bits per heavy atom. The second-order valence-corrected chi connectivity index (χ2v) is 5.07. The molecule has 0 saturated heterocycles. The predicted octanol–water partition coefficient (Wildman–Crippen LogP) is 4.44. The standard InChI is InChI=1S/C13H8ClFOS/c14-13-7-6-12(17-13)11(16)5-4-9-2-1-3-10(15)8-9/h1-8H/b5-4+. The molecule has 2 rings (SSSR count). The molecule has 0 saturated carbocycles. The number of carbonyl (C=O) groups excluding carboxylic acids is 1. The number of rotatable bonds is 3. The molecular weight excluding hydrogens is 259 g/mol. The predicted molar refractivity (Wildman–Crippen MR) is 69.1 cm³/mol. The molecule has 0 N–H and O–H groups in total. The number of allylic oxidation sites excluding steroid dienone is 1. The molecule has 0 radical (unpaired) electrons. The average molecular weight is 267 g/mol. The molecule has 0 amide bonds. The zero-order valence-corrected chi connectivity index (χ0v) is 10.3. The molecule has 0 atom stereocenters. The molecule has 1 heterocycles. The lowest BCUT2D eigenvalue weighted by Gasteiger charge is -1.93. The fraction of sp³-hybridized carbons (Fsp3) is 0. The number of hydrogen-bond acceptors (Lipinski definition) is 2. The Labute approximate surface area is 107 Å². The minimum absolute atomic E-state index is 0.133. The van der Waals surface area contributed by atoms with Gasteiger partial charge < -0.3 is 0 Å². The van der Waals surface area contributed by atoms with Crippen LogP contribution >= 0.6 is 22.9 Å². The van der Waals surface area contributed by atoms with E-state index < -0.39 is 0 Å². The van der Waals surface area contributed by atoms with Crippen LogP contribution < -0.4 is 0 Å². The van der Waals surface area contributed by atoms with Gasteiger partial charge in [0.1, 0.15) is 5.82 Å². The first-order chi connectivity index (χ1) is 8.15. The van der Waals surface area contributed by atoms with Crippen LogP contribution in [-0.2, 0) is 0 Å². The molecule has 2 aromatic rings. The topological polar surface area (TPSA) is 17.1 Å². The molecule has 0 aliphatic rings. The zero-order valence-electron chi connectivity index (χ0n) is 8.69. The van der Waals surface area contributed by atoms with Crippen molar-refractivity contribution in [3.63, 3.8) is 0 Å². The van der Waals surface area contributed by atoms with Crippen molar-refractivity contribution in [1.82, 2.24) is 0 Å². The molecule has 1 aromatic carbocycles. The van der Waals surface area contributed by atoms with Crippen LogP contribution in [0, 0.1) is 5.82 Å². The first-order valence-corrected chi connectivity index (χ1v) is 6.08. The molecule has 1 nitrogen and oxygen atoms in total. The molecule has 0 unspecified atom stereocenters. The van der Waals surface area contributed by atoms with Crippen LogP contribution in [0.4, 0.5) is 4.39 Å². The molecule has 17 heavy (non-hydrogen) atoms. The highest BCUT2D eigenvalue weighted by atomic mass is 35.5. The minimum atomic E-state index is -0.321. The van der Waals surface area contributed by atoms with Gasteiger partial charge in [0.05, 0.1) is 9.21 Å². The van der Waals surface area contributed by atoms with Gasteiger partial charge in [-0.1, -0.05) is 29.8 Å². The van der Waals surface area contributed by atoms with Gasteiger partial charge in [-0.3, -0.25) is 4.79 Å². The van der Waals surface area contributed by atoms with Crippen LogP contribution in [0.15, 0.2) is 42.5 Å². The lowest BCUT2D eigenvalue weighted by Crippen LogP contribution is -1.88. The summed E-state index contributed by atoms with van der Waals surface area (Å²) in [6.45, 7) is 0. The van der Waals surface area contributed by atoms with Gasteiger partial charge in [0.15, 0.2) is 5.78 Å². The molecule has 0 bridgehead atoms. The van der Waals surface area contributed by atoms with E-state index >= 15 is 0 Å². The van der Waals surface area contributed by atoms with Gasteiger partial charge in [-0.15, -0.1) is 11.3 Å². The van der Waals surface area contributed by atoms with E-state index in [1.54, 1.807) is 30.3 Å². The summed E-state index contributed by atoms with van der Waals surface area (Å²) < 4.78 is 13.5. The average Bonchev–Trinajstić information content (AvgIpc) is 2.73. The van der Waals surface area contributed by atoms with Crippen LogP contribution in [0.2, 0.25) is 4.34 Å². The molecule has 1 aromatic heterocycles. The highest BCUT2D eigenvalue weighted by Crippen LogP contribution is 2.22. The minimum Gasteiger partial charge on any atom is -0.288 e. The van der Waals surface area contributed by atoms with Gasteiger partial charge in [0.2, 0.25) is 0 Å². The quantitative estimate of drug-likeness (QED) is 0.593. The maximum atomic E-state index is 12.9. The smallest absolute Gasteiger partial charge is 0.195 e. The Kier molecular flexibility index (Phi) is 3.71. The van der Waals surface area contributed by atoms with Crippen molar-refractivity contribution in [3.8, 4) is 0 Å². The number of carbonyl (C=O) groups is 1. The molecule has 0 fully saturated rings. The number of halogens is 2. The Hall–Kier alpha value is -1.45. The second kappa shape index (κ2) is 5.25. The summed E-state index contributed by atoms with van der Waals surface area (Å²) in [5.41, 5.74) is 0.654. The van der Waals surface area contributed by atoms with E-state index in [1.165, 1.54) is 29.5 Å². The highest BCUT2D eigenvalue weighted by Gasteiger charge is 2.04. The van der Waals surface area contributed by atoms with E-state index in [0.717, 1.165) is 0 Å². The Morgan fingerprint density at radius 2 is 2.12 bits per heavy atom. The summed E-state index contributed by atoms with van der Waals surface area (Å²) in [5, 5.41) is 0. The van der Waals surface area contributed by atoms with Gasteiger partial charge in [0.25, 0.3) is 0 Å². The third kappa shape index (κ3) is 3.25. The van der Waals surface area contributed by atoms with Gasteiger partial charge in [-0.2, -0.15) is 0 Å². The molecule has 4 heteroatoms. The lowest BCUT2D eigenvalue weighted by molar-refractivity contribution is 0.105. The largest absolute Gasteiger partial charge is 0.288 e. The van der Waals surface area contributed by atoms with E-state index in [9.17, 15) is 9.18 Å². The van der Waals surface area contributed by atoms with E-state index in [-0.39, 0.29) is 11.6 Å². The van der Waals surface area contributed by atoms with Crippen LogP contribution in [0.5, 0.6) is 0 Å². The van der Waals surface area contributed by atoms with Gasteiger partial charge in [0, 0.05) is 0 Å². The summed E-state index contributed by atoms with van der Waals surface area (Å²) in [4.78, 5) is 12.3. The van der Waals surface area contributed by atoms with Crippen LogP contribution in [-0.4, -0.2) is 5.78 Å². The molecule has 0 aliphatic carbocycles. The van der Waals surface area contributed by atoms with E-state index in [2.05, 4.69) is 0 Å². The van der Waals surface area contributed by atoms with Gasteiger partial charge in [-0.05, 0) is 35.9 Å². The summed E-state index contributed by atoms with van der Waals surface area (Å²) in [6, 6.07) is 9.40. The van der Waals surface area contributed by atoms with Crippen molar-refractivity contribution in [1.29, 1.82) is 0 Å².